The lowest BCUT2D eigenvalue weighted by Gasteiger charge is -2.34. The minimum atomic E-state index is -0.473. The number of piperazine rings is 1. The van der Waals surface area contributed by atoms with Crippen molar-refractivity contribution in [2.24, 2.45) is 0 Å². The van der Waals surface area contributed by atoms with Crippen molar-refractivity contribution < 1.29 is 19.4 Å². The predicted molar refractivity (Wildman–Crippen MR) is 133 cm³/mol. The topological polar surface area (TPSA) is 89.6 Å². The number of aromatic hydroxyl groups is 1. The summed E-state index contributed by atoms with van der Waals surface area (Å²) >= 11 is 0. The number of aliphatic hydroxyl groups is 1. The van der Waals surface area contributed by atoms with Crippen LogP contribution in [0.25, 0.3) is 22.3 Å². The predicted octanol–water partition coefficient (Wildman–Crippen LogP) is 2.89. The SMILES string of the molecule is COc1cc(O)c2c(=O)cc(-c3ccc(N4CCN(C)CC4)cc3)oc2c1N1CCCC(O)C1. The molecule has 8 nitrogen and oxygen atoms in total. The van der Waals surface area contributed by atoms with Gasteiger partial charge in [-0.25, -0.2) is 0 Å². The van der Waals surface area contributed by atoms with Crippen molar-refractivity contribution in [2.75, 3.05) is 63.2 Å². The van der Waals surface area contributed by atoms with Gasteiger partial charge in [0, 0.05) is 62.7 Å². The number of aliphatic hydroxyl groups excluding tert-OH is 1. The molecule has 1 atom stereocenters. The first-order valence-corrected chi connectivity index (χ1v) is 11.8. The summed E-state index contributed by atoms with van der Waals surface area (Å²) in [7, 11) is 3.65. The maximum absolute atomic E-state index is 13.1. The van der Waals surface area contributed by atoms with Gasteiger partial charge in [-0.15, -0.1) is 0 Å². The van der Waals surface area contributed by atoms with Gasteiger partial charge in [0.25, 0.3) is 0 Å². The van der Waals surface area contributed by atoms with Crippen LogP contribution in [0.2, 0.25) is 0 Å². The molecule has 8 heteroatoms. The minimum Gasteiger partial charge on any atom is -0.507 e. The molecule has 2 saturated heterocycles. The molecule has 0 aliphatic carbocycles. The fourth-order valence-electron chi connectivity index (χ4n) is 4.94. The van der Waals surface area contributed by atoms with Gasteiger partial charge in [-0.3, -0.25) is 4.79 Å². The number of phenols is 1. The van der Waals surface area contributed by atoms with Crippen molar-refractivity contribution in [3.05, 3.63) is 46.6 Å². The number of phenolic OH excluding ortho intramolecular Hbond substituents is 1. The van der Waals surface area contributed by atoms with E-state index in [9.17, 15) is 15.0 Å². The number of benzene rings is 2. The molecule has 0 saturated carbocycles. The summed E-state index contributed by atoms with van der Waals surface area (Å²) in [5.41, 5.74) is 2.46. The number of hydrogen-bond acceptors (Lipinski definition) is 8. The van der Waals surface area contributed by atoms with Crippen LogP contribution < -0.4 is 20.0 Å². The Morgan fingerprint density at radius 1 is 1.03 bits per heavy atom. The second kappa shape index (κ2) is 9.19. The van der Waals surface area contributed by atoms with Gasteiger partial charge >= 0.3 is 0 Å². The molecule has 1 unspecified atom stereocenters. The Labute approximate surface area is 198 Å². The Bertz CT molecular complexity index is 1230. The molecule has 2 aromatic carbocycles. The van der Waals surface area contributed by atoms with Crippen molar-refractivity contribution in [1.82, 2.24) is 4.90 Å². The number of ether oxygens (including phenoxy) is 1. The van der Waals surface area contributed by atoms with Gasteiger partial charge in [0.1, 0.15) is 28.3 Å². The molecule has 34 heavy (non-hydrogen) atoms. The number of methoxy groups -OCH3 is 1. The standard InChI is InChI=1S/C26H31N3O5/c1-27-10-12-28(13-11-27)18-7-5-17(6-8-18)22-14-20(31)24-21(32)15-23(33-2)25(26(24)34-22)29-9-3-4-19(30)16-29/h5-8,14-15,19,30,32H,3-4,9-13,16H2,1-2H3. The Kier molecular flexibility index (Phi) is 6.10. The van der Waals surface area contributed by atoms with Crippen molar-refractivity contribution in [3.8, 4) is 22.8 Å². The van der Waals surface area contributed by atoms with Crippen LogP contribution in [0.15, 0.2) is 45.6 Å². The maximum atomic E-state index is 13.1. The Morgan fingerprint density at radius 3 is 2.44 bits per heavy atom. The lowest BCUT2D eigenvalue weighted by Crippen LogP contribution is -2.44. The Hall–Kier alpha value is -3.23. The molecular formula is C26H31N3O5. The number of piperidine rings is 1. The number of anilines is 2. The molecule has 0 bridgehead atoms. The number of nitrogens with zero attached hydrogens (tertiary/aromatic N) is 3. The lowest BCUT2D eigenvalue weighted by atomic mass is 10.0. The van der Waals surface area contributed by atoms with Crippen molar-refractivity contribution in [1.29, 1.82) is 0 Å². The van der Waals surface area contributed by atoms with Crippen molar-refractivity contribution >= 4 is 22.3 Å². The molecule has 2 aliphatic heterocycles. The molecule has 5 rings (SSSR count). The second-order valence-electron chi connectivity index (χ2n) is 9.20. The van der Waals surface area contributed by atoms with Crippen LogP contribution in [0.3, 0.4) is 0 Å². The van der Waals surface area contributed by atoms with Gasteiger partial charge < -0.3 is 34.1 Å². The van der Waals surface area contributed by atoms with Crippen LogP contribution in [0.4, 0.5) is 11.4 Å². The largest absolute Gasteiger partial charge is 0.507 e. The zero-order chi connectivity index (χ0) is 23.8. The van der Waals surface area contributed by atoms with Crippen molar-refractivity contribution in [3.63, 3.8) is 0 Å². The average molecular weight is 466 g/mol. The van der Waals surface area contributed by atoms with E-state index in [4.69, 9.17) is 9.15 Å². The van der Waals surface area contributed by atoms with E-state index in [-0.39, 0.29) is 22.1 Å². The summed E-state index contributed by atoms with van der Waals surface area (Å²) in [6.45, 7) is 5.11. The highest BCUT2D eigenvalue weighted by Gasteiger charge is 2.27. The third kappa shape index (κ3) is 4.19. The summed E-state index contributed by atoms with van der Waals surface area (Å²) in [6, 6.07) is 10.9. The summed E-state index contributed by atoms with van der Waals surface area (Å²) in [4.78, 5) is 19.7. The van der Waals surface area contributed by atoms with Crippen LogP contribution >= 0.6 is 0 Å². The molecule has 3 aromatic rings. The van der Waals surface area contributed by atoms with Crippen LogP contribution in [0.1, 0.15) is 12.8 Å². The van der Waals surface area contributed by atoms with Crippen LogP contribution in [-0.4, -0.2) is 74.6 Å². The highest BCUT2D eigenvalue weighted by Crippen LogP contribution is 2.42. The van der Waals surface area contributed by atoms with Crippen LogP contribution in [-0.2, 0) is 0 Å². The smallest absolute Gasteiger partial charge is 0.197 e. The highest BCUT2D eigenvalue weighted by atomic mass is 16.5. The van der Waals surface area contributed by atoms with Gasteiger partial charge in [0.2, 0.25) is 0 Å². The normalized spacial score (nSPS) is 19.6. The van der Waals surface area contributed by atoms with E-state index in [2.05, 4.69) is 29.0 Å². The number of β-amino-alcohol motifs (C(OH)–C–C–N with tert-alkyl or cyclic N) is 1. The number of hydrogen-bond donors (Lipinski definition) is 2. The first kappa shape index (κ1) is 22.6. The van der Waals surface area contributed by atoms with E-state index in [1.165, 1.54) is 19.2 Å². The molecule has 0 radical (unpaired) electrons. The highest BCUT2D eigenvalue weighted by molar-refractivity contribution is 5.97. The van der Waals surface area contributed by atoms with E-state index in [0.717, 1.165) is 50.3 Å². The summed E-state index contributed by atoms with van der Waals surface area (Å²) < 4.78 is 11.8. The molecule has 0 amide bonds. The van der Waals surface area contributed by atoms with Gasteiger partial charge in [0.05, 0.1) is 13.2 Å². The number of rotatable bonds is 4. The van der Waals surface area contributed by atoms with E-state index in [0.29, 0.717) is 30.3 Å². The first-order valence-electron chi connectivity index (χ1n) is 11.8. The zero-order valence-electron chi connectivity index (χ0n) is 19.7. The van der Waals surface area contributed by atoms with Gasteiger partial charge in [-0.2, -0.15) is 0 Å². The lowest BCUT2D eigenvalue weighted by molar-refractivity contribution is 0.154. The third-order valence-corrected chi connectivity index (χ3v) is 6.87. The Morgan fingerprint density at radius 2 is 1.76 bits per heavy atom. The third-order valence-electron chi connectivity index (χ3n) is 6.87. The minimum absolute atomic E-state index is 0.119. The second-order valence-corrected chi connectivity index (χ2v) is 9.20. The summed E-state index contributed by atoms with van der Waals surface area (Å²) in [6.07, 6.45) is 1.06. The van der Waals surface area contributed by atoms with Gasteiger partial charge in [-0.1, -0.05) is 0 Å². The molecule has 2 N–H and O–H groups in total. The van der Waals surface area contributed by atoms with E-state index >= 15 is 0 Å². The monoisotopic (exact) mass is 465 g/mol. The number of likely N-dealkylation sites (N-methyl/N-ethyl adjacent to an activating group) is 1. The fraction of sp³-hybridized carbons (Fsp3) is 0.423. The molecule has 2 fully saturated rings. The molecule has 1 aromatic heterocycles. The fourth-order valence-corrected chi connectivity index (χ4v) is 4.94. The average Bonchev–Trinajstić information content (AvgIpc) is 2.84. The zero-order valence-corrected chi connectivity index (χ0v) is 19.7. The van der Waals surface area contributed by atoms with E-state index in [1.807, 2.05) is 17.0 Å². The molecular weight excluding hydrogens is 434 g/mol. The summed E-state index contributed by atoms with van der Waals surface area (Å²) in [5, 5.41) is 20.9. The van der Waals surface area contributed by atoms with Crippen LogP contribution in [0.5, 0.6) is 11.5 Å². The van der Waals surface area contributed by atoms with Gasteiger partial charge in [-0.05, 0) is 44.2 Å². The van der Waals surface area contributed by atoms with Crippen LogP contribution in [0, 0.1) is 0 Å². The molecule has 3 heterocycles. The van der Waals surface area contributed by atoms with E-state index in [1.54, 1.807) is 0 Å². The van der Waals surface area contributed by atoms with E-state index < -0.39 is 6.10 Å². The molecule has 180 valence electrons. The maximum Gasteiger partial charge on any atom is 0.197 e. The molecule has 0 spiro atoms. The quantitative estimate of drug-likeness (QED) is 0.608. The first-order chi connectivity index (χ1) is 16.4. The van der Waals surface area contributed by atoms with Crippen molar-refractivity contribution in [2.45, 2.75) is 18.9 Å². The Balaban J connectivity index is 1.57. The molecule has 2 aliphatic rings. The number of fused-ring (bicyclic) bond motifs is 1. The van der Waals surface area contributed by atoms with Gasteiger partial charge in [0.15, 0.2) is 11.0 Å². The summed E-state index contributed by atoms with van der Waals surface area (Å²) in [5.74, 6) is 0.651.